The average Bonchev–Trinajstić information content (AvgIpc) is 2.34. The molecule has 0 aliphatic carbocycles. The van der Waals surface area contributed by atoms with E-state index in [0.29, 0.717) is 0 Å². The van der Waals surface area contributed by atoms with Crippen molar-refractivity contribution in [2.24, 2.45) is 0 Å². The maximum absolute atomic E-state index is 5.18. The second-order valence-electron chi connectivity index (χ2n) is 4.03. The summed E-state index contributed by atoms with van der Waals surface area (Å²) in [7, 11) is 1.70. The fourth-order valence-corrected chi connectivity index (χ4v) is 1.65. The molecule has 0 bridgehead atoms. The third kappa shape index (κ3) is 5.01. The largest absolute Gasteiger partial charge is 0.497 e. The van der Waals surface area contributed by atoms with E-state index in [4.69, 9.17) is 4.74 Å². The number of benzene rings is 1. The van der Waals surface area contributed by atoms with Gasteiger partial charge in [0.2, 0.25) is 0 Å². The maximum Gasteiger partial charge on any atom is 0.119 e. The van der Waals surface area contributed by atoms with Gasteiger partial charge in [-0.25, -0.2) is 0 Å². The van der Waals surface area contributed by atoms with E-state index in [1.54, 1.807) is 7.11 Å². The monoisotopic (exact) mass is 218 g/mol. The van der Waals surface area contributed by atoms with Crippen molar-refractivity contribution in [1.29, 1.82) is 0 Å². The first-order chi connectivity index (χ1) is 7.86. The van der Waals surface area contributed by atoms with E-state index >= 15 is 0 Å². The molecule has 1 aromatic carbocycles. The molecule has 1 heteroatoms. The first kappa shape index (κ1) is 12.8. The lowest BCUT2D eigenvalue weighted by atomic mass is 10.1. The van der Waals surface area contributed by atoms with Crippen LogP contribution in [0.1, 0.15) is 44.6 Å². The van der Waals surface area contributed by atoms with Crippen LogP contribution in [0.25, 0.3) is 6.08 Å². The molecule has 0 amide bonds. The molecule has 0 saturated heterocycles. The van der Waals surface area contributed by atoms with Crippen LogP contribution in [0, 0.1) is 0 Å². The van der Waals surface area contributed by atoms with E-state index in [-0.39, 0.29) is 0 Å². The quantitative estimate of drug-likeness (QED) is 0.604. The molecule has 0 saturated carbocycles. The fraction of sp³-hybridized carbons (Fsp3) is 0.467. The molecule has 0 atom stereocenters. The first-order valence-corrected chi connectivity index (χ1v) is 6.17. The highest BCUT2D eigenvalue weighted by molar-refractivity contribution is 5.51. The average molecular weight is 218 g/mol. The molecule has 1 nitrogen and oxygen atoms in total. The van der Waals surface area contributed by atoms with Gasteiger partial charge in [0.1, 0.15) is 5.75 Å². The van der Waals surface area contributed by atoms with Gasteiger partial charge in [-0.05, 0) is 30.5 Å². The van der Waals surface area contributed by atoms with E-state index in [1.807, 2.05) is 12.1 Å². The van der Waals surface area contributed by atoms with Gasteiger partial charge in [-0.3, -0.25) is 0 Å². The molecule has 0 spiro atoms. The summed E-state index contributed by atoms with van der Waals surface area (Å²) in [6.45, 7) is 2.24. The summed E-state index contributed by atoms with van der Waals surface area (Å²) in [4.78, 5) is 0. The molecular formula is C15H22O. The molecule has 16 heavy (non-hydrogen) atoms. The van der Waals surface area contributed by atoms with Gasteiger partial charge in [-0.2, -0.15) is 0 Å². The number of allylic oxidation sites excluding steroid dienone is 1. The second-order valence-corrected chi connectivity index (χ2v) is 4.03. The van der Waals surface area contributed by atoms with Crippen molar-refractivity contribution in [2.75, 3.05) is 7.11 Å². The normalized spacial score (nSPS) is 10.9. The highest BCUT2D eigenvalue weighted by Crippen LogP contribution is 2.14. The van der Waals surface area contributed by atoms with Gasteiger partial charge < -0.3 is 4.74 Å². The van der Waals surface area contributed by atoms with Crippen molar-refractivity contribution in [1.82, 2.24) is 0 Å². The minimum atomic E-state index is 0.924. The zero-order valence-corrected chi connectivity index (χ0v) is 10.4. The minimum absolute atomic E-state index is 0.924. The smallest absolute Gasteiger partial charge is 0.119 e. The summed E-state index contributed by atoms with van der Waals surface area (Å²) in [5.41, 5.74) is 1.22. The van der Waals surface area contributed by atoms with Crippen LogP contribution in [0.3, 0.4) is 0 Å². The summed E-state index contributed by atoms with van der Waals surface area (Å²) >= 11 is 0. The standard InChI is InChI=1S/C15H22O/c1-3-4-5-6-7-8-10-14-11-9-12-15(13-14)16-2/h8-13H,3-7H2,1-2H3/b10-8+. The molecule has 1 aromatic rings. The molecule has 0 aromatic heterocycles. The zero-order valence-electron chi connectivity index (χ0n) is 10.4. The number of hydrogen-bond donors (Lipinski definition) is 0. The predicted molar refractivity (Wildman–Crippen MR) is 70.8 cm³/mol. The maximum atomic E-state index is 5.18. The molecule has 0 aliphatic rings. The first-order valence-electron chi connectivity index (χ1n) is 6.17. The molecule has 1 rings (SSSR count). The summed E-state index contributed by atoms with van der Waals surface area (Å²) in [6.07, 6.45) is 10.9. The molecule has 0 fully saturated rings. The molecule has 0 aliphatic heterocycles. The fourth-order valence-electron chi connectivity index (χ4n) is 1.65. The Labute approximate surface area is 99.1 Å². The highest BCUT2D eigenvalue weighted by atomic mass is 16.5. The van der Waals surface area contributed by atoms with Crippen molar-refractivity contribution in [2.45, 2.75) is 39.0 Å². The molecule has 0 N–H and O–H groups in total. The van der Waals surface area contributed by atoms with Gasteiger partial charge in [0, 0.05) is 0 Å². The lowest BCUT2D eigenvalue weighted by Crippen LogP contribution is -1.82. The molecular weight excluding hydrogens is 196 g/mol. The predicted octanol–water partition coefficient (Wildman–Crippen LogP) is 4.68. The summed E-state index contributed by atoms with van der Waals surface area (Å²) < 4.78 is 5.18. The van der Waals surface area contributed by atoms with Gasteiger partial charge in [-0.15, -0.1) is 0 Å². The number of ether oxygens (including phenoxy) is 1. The van der Waals surface area contributed by atoms with Crippen molar-refractivity contribution >= 4 is 6.08 Å². The number of rotatable bonds is 7. The van der Waals surface area contributed by atoms with Gasteiger partial charge in [0.05, 0.1) is 7.11 Å². The van der Waals surface area contributed by atoms with Crippen LogP contribution in [-0.2, 0) is 0 Å². The Bertz CT molecular complexity index is 315. The Morgan fingerprint density at radius 1 is 1.19 bits per heavy atom. The third-order valence-electron chi connectivity index (χ3n) is 2.63. The van der Waals surface area contributed by atoms with Crippen molar-refractivity contribution < 1.29 is 4.74 Å². The molecule has 0 unspecified atom stereocenters. The SMILES string of the molecule is CCCCCC/C=C/c1cccc(OC)c1. The van der Waals surface area contributed by atoms with E-state index in [9.17, 15) is 0 Å². The highest BCUT2D eigenvalue weighted by Gasteiger charge is 1.91. The number of hydrogen-bond acceptors (Lipinski definition) is 1. The topological polar surface area (TPSA) is 9.23 Å². The van der Waals surface area contributed by atoms with Crippen LogP contribution >= 0.6 is 0 Å². The van der Waals surface area contributed by atoms with E-state index in [1.165, 1.54) is 37.7 Å². The van der Waals surface area contributed by atoms with Crippen LogP contribution in [0.4, 0.5) is 0 Å². The van der Waals surface area contributed by atoms with Crippen LogP contribution in [0.2, 0.25) is 0 Å². The van der Waals surface area contributed by atoms with Crippen molar-refractivity contribution in [3.05, 3.63) is 35.9 Å². The van der Waals surface area contributed by atoms with Crippen molar-refractivity contribution in [3.63, 3.8) is 0 Å². The lowest BCUT2D eigenvalue weighted by Gasteiger charge is -2.00. The third-order valence-corrected chi connectivity index (χ3v) is 2.63. The van der Waals surface area contributed by atoms with E-state index < -0.39 is 0 Å². The van der Waals surface area contributed by atoms with E-state index in [0.717, 1.165) is 5.75 Å². The van der Waals surface area contributed by atoms with E-state index in [2.05, 4.69) is 31.2 Å². The van der Waals surface area contributed by atoms with Crippen LogP contribution in [-0.4, -0.2) is 7.11 Å². The lowest BCUT2D eigenvalue weighted by molar-refractivity contribution is 0.414. The Morgan fingerprint density at radius 3 is 2.81 bits per heavy atom. The Balaban J connectivity index is 2.32. The number of unbranched alkanes of at least 4 members (excludes halogenated alkanes) is 4. The second kappa shape index (κ2) is 7.98. The van der Waals surface area contributed by atoms with Crippen molar-refractivity contribution in [3.8, 4) is 5.75 Å². The summed E-state index contributed by atoms with van der Waals surface area (Å²) in [5, 5.41) is 0. The van der Waals surface area contributed by atoms with Crippen LogP contribution < -0.4 is 4.74 Å². The van der Waals surface area contributed by atoms with Crippen LogP contribution in [0.15, 0.2) is 30.3 Å². The molecule has 0 radical (unpaired) electrons. The molecule has 88 valence electrons. The summed E-state index contributed by atoms with van der Waals surface area (Å²) in [5.74, 6) is 0.924. The Kier molecular flexibility index (Phi) is 6.39. The van der Waals surface area contributed by atoms with Gasteiger partial charge in [-0.1, -0.05) is 50.5 Å². The number of methoxy groups -OCH3 is 1. The van der Waals surface area contributed by atoms with Gasteiger partial charge in [0.25, 0.3) is 0 Å². The Morgan fingerprint density at radius 2 is 2.06 bits per heavy atom. The van der Waals surface area contributed by atoms with Gasteiger partial charge in [0.15, 0.2) is 0 Å². The van der Waals surface area contributed by atoms with Gasteiger partial charge >= 0.3 is 0 Å². The minimum Gasteiger partial charge on any atom is -0.497 e. The summed E-state index contributed by atoms with van der Waals surface area (Å²) in [6, 6.07) is 8.15. The molecule has 0 heterocycles. The Hall–Kier alpha value is -1.24. The zero-order chi connectivity index (χ0) is 11.6. The van der Waals surface area contributed by atoms with Crippen LogP contribution in [0.5, 0.6) is 5.75 Å².